The fraction of sp³-hybridized carbons (Fsp3) is 0.500. The number of ether oxygens (including phenoxy) is 1. The van der Waals surface area contributed by atoms with Crippen molar-refractivity contribution in [2.24, 2.45) is 11.8 Å². The van der Waals surface area contributed by atoms with Gasteiger partial charge in [-0.3, -0.25) is 0 Å². The summed E-state index contributed by atoms with van der Waals surface area (Å²) in [6.07, 6.45) is -9.80. The second kappa shape index (κ2) is 8.91. The first kappa shape index (κ1) is 24.0. The molecule has 2 aromatic carbocycles. The summed E-state index contributed by atoms with van der Waals surface area (Å²) in [6.45, 7) is 3.03. The van der Waals surface area contributed by atoms with Gasteiger partial charge >= 0.3 is 12.4 Å². The van der Waals surface area contributed by atoms with Gasteiger partial charge in [0.05, 0.1) is 23.3 Å². The first-order chi connectivity index (χ1) is 15.4. The molecule has 0 radical (unpaired) electrons. The third kappa shape index (κ3) is 5.19. The summed E-state index contributed by atoms with van der Waals surface area (Å²) in [7, 11) is 0. The van der Waals surface area contributed by atoms with Crippen LogP contribution in [0.15, 0.2) is 42.5 Å². The molecule has 1 saturated heterocycles. The lowest BCUT2D eigenvalue weighted by molar-refractivity contribution is -0.143. The Morgan fingerprint density at radius 3 is 2.06 bits per heavy atom. The molecule has 0 spiro atoms. The first-order valence-electron chi connectivity index (χ1n) is 10.8. The molecular weight excluding hydrogens is 451 g/mol. The van der Waals surface area contributed by atoms with Crippen LogP contribution in [0.2, 0.25) is 0 Å². The van der Waals surface area contributed by atoms with E-state index in [4.69, 9.17) is 4.74 Å². The zero-order chi connectivity index (χ0) is 24.0. The molecule has 1 aliphatic carbocycles. The molecule has 4 rings (SSSR count). The summed E-state index contributed by atoms with van der Waals surface area (Å²) >= 11 is 0. The van der Waals surface area contributed by atoms with E-state index in [1.165, 1.54) is 19.1 Å². The topological polar surface area (TPSA) is 21.3 Å². The normalized spacial score (nSPS) is 26.8. The van der Waals surface area contributed by atoms with E-state index in [9.17, 15) is 30.7 Å². The zero-order valence-corrected chi connectivity index (χ0v) is 17.8. The quantitative estimate of drug-likeness (QED) is 0.496. The highest BCUT2D eigenvalue weighted by atomic mass is 19.4. The van der Waals surface area contributed by atoms with Crippen molar-refractivity contribution in [3.05, 3.63) is 70.5 Å². The number of hydrogen-bond donors (Lipinski definition) is 1. The minimum Gasteiger partial charge on any atom is -0.370 e. The van der Waals surface area contributed by atoms with Crippen molar-refractivity contribution >= 4 is 0 Å². The van der Waals surface area contributed by atoms with Crippen LogP contribution < -0.4 is 5.32 Å². The molecule has 1 heterocycles. The van der Waals surface area contributed by atoms with Crippen LogP contribution in [0, 0.1) is 17.7 Å². The van der Waals surface area contributed by atoms with Crippen molar-refractivity contribution in [3.63, 3.8) is 0 Å². The smallest absolute Gasteiger partial charge is 0.370 e. The molecule has 2 fully saturated rings. The summed E-state index contributed by atoms with van der Waals surface area (Å²) < 4.78 is 99.3. The van der Waals surface area contributed by atoms with E-state index in [0.717, 1.165) is 37.2 Å². The van der Waals surface area contributed by atoms with Crippen molar-refractivity contribution in [3.8, 4) is 0 Å². The van der Waals surface area contributed by atoms with Gasteiger partial charge < -0.3 is 10.1 Å². The lowest BCUT2D eigenvalue weighted by Gasteiger charge is -2.41. The van der Waals surface area contributed by atoms with E-state index in [1.54, 1.807) is 12.1 Å². The molecule has 180 valence electrons. The molecular formula is C24H24F7NO. The largest absolute Gasteiger partial charge is 0.416 e. The van der Waals surface area contributed by atoms with Crippen LogP contribution in [0.5, 0.6) is 0 Å². The van der Waals surface area contributed by atoms with E-state index < -0.39 is 35.7 Å². The highest BCUT2D eigenvalue weighted by Crippen LogP contribution is 2.46. The number of hydrogen-bond acceptors (Lipinski definition) is 2. The van der Waals surface area contributed by atoms with Crippen LogP contribution in [-0.4, -0.2) is 19.2 Å². The summed E-state index contributed by atoms with van der Waals surface area (Å²) in [6, 6.07) is 7.61. The van der Waals surface area contributed by atoms with E-state index in [0.29, 0.717) is 12.3 Å². The summed E-state index contributed by atoms with van der Waals surface area (Å²) in [5, 5.41) is 3.35. The van der Waals surface area contributed by atoms with Gasteiger partial charge in [-0.1, -0.05) is 12.1 Å². The van der Waals surface area contributed by atoms with Crippen LogP contribution in [-0.2, 0) is 17.1 Å². The maximum Gasteiger partial charge on any atom is 0.416 e. The first-order valence-corrected chi connectivity index (χ1v) is 10.8. The van der Waals surface area contributed by atoms with Crippen LogP contribution in [0.25, 0.3) is 0 Å². The molecule has 1 aliphatic heterocycles. The minimum absolute atomic E-state index is 0.118. The molecule has 1 N–H and O–H groups in total. The van der Waals surface area contributed by atoms with Gasteiger partial charge in [0.15, 0.2) is 0 Å². The van der Waals surface area contributed by atoms with Crippen molar-refractivity contribution in [2.75, 3.05) is 13.1 Å². The number of nitrogens with one attached hydrogen (secondary N) is 1. The Morgan fingerprint density at radius 1 is 0.879 bits per heavy atom. The maximum atomic E-state index is 13.5. The van der Waals surface area contributed by atoms with Gasteiger partial charge in [-0.15, -0.1) is 0 Å². The van der Waals surface area contributed by atoms with Gasteiger partial charge in [0.1, 0.15) is 5.82 Å². The lowest BCUT2D eigenvalue weighted by atomic mass is 9.69. The molecule has 2 unspecified atom stereocenters. The molecule has 0 amide bonds. The van der Waals surface area contributed by atoms with Gasteiger partial charge in [0.25, 0.3) is 0 Å². The Bertz CT molecular complexity index is 938. The Labute approximate surface area is 187 Å². The van der Waals surface area contributed by atoms with Crippen LogP contribution in [0.3, 0.4) is 0 Å². The summed E-state index contributed by atoms with van der Waals surface area (Å²) in [5.74, 6) is 0.0501. The number of benzene rings is 2. The lowest BCUT2D eigenvalue weighted by Crippen LogP contribution is -2.38. The Kier molecular flexibility index (Phi) is 6.48. The van der Waals surface area contributed by atoms with Gasteiger partial charge in [-0.05, 0) is 86.1 Å². The van der Waals surface area contributed by atoms with Gasteiger partial charge in [-0.25, -0.2) is 4.39 Å². The molecule has 2 nitrogen and oxygen atoms in total. The number of fused-ring (bicyclic) bond motifs is 1. The second-order valence-electron chi connectivity index (χ2n) is 8.89. The highest BCUT2D eigenvalue weighted by Gasteiger charge is 2.44. The third-order valence-corrected chi connectivity index (χ3v) is 6.79. The monoisotopic (exact) mass is 475 g/mol. The molecule has 5 atom stereocenters. The fourth-order valence-corrected chi connectivity index (χ4v) is 5.18. The van der Waals surface area contributed by atoms with Gasteiger partial charge in [0.2, 0.25) is 0 Å². The zero-order valence-electron chi connectivity index (χ0n) is 17.8. The minimum atomic E-state index is -4.92. The molecule has 33 heavy (non-hydrogen) atoms. The van der Waals surface area contributed by atoms with E-state index in [1.807, 2.05) is 0 Å². The van der Waals surface area contributed by atoms with Crippen LogP contribution in [0.4, 0.5) is 30.7 Å². The Morgan fingerprint density at radius 2 is 1.48 bits per heavy atom. The predicted molar refractivity (Wildman–Crippen MR) is 108 cm³/mol. The van der Waals surface area contributed by atoms with Gasteiger partial charge in [-0.2, -0.15) is 26.3 Å². The van der Waals surface area contributed by atoms with Crippen molar-refractivity contribution in [1.29, 1.82) is 0 Å². The van der Waals surface area contributed by atoms with E-state index in [-0.39, 0.29) is 29.3 Å². The molecule has 2 aromatic rings. The maximum absolute atomic E-state index is 13.5. The molecule has 2 aliphatic rings. The fourth-order valence-electron chi connectivity index (χ4n) is 5.18. The average Bonchev–Trinajstić information content (AvgIpc) is 3.21. The number of halogens is 7. The van der Waals surface area contributed by atoms with Crippen molar-refractivity contribution in [2.45, 2.75) is 50.2 Å². The van der Waals surface area contributed by atoms with Crippen molar-refractivity contribution in [1.82, 2.24) is 5.32 Å². The Balaban J connectivity index is 1.65. The third-order valence-electron chi connectivity index (χ3n) is 6.79. The summed E-state index contributed by atoms with van der Waals surface area (Å²) in [4.78, 5) is 0. The molecule has 0 bridgehead atoms. The molecule has 1 saturated carbocycles. The summed E-state index contributed by atoms with van der Waals surface area (Å²) in [5.41, 5.74) is -2.04. The van der Waals surface area contributed by atoms with Crippen LogP contribution in [0.1, 0.15) is 54.0 Å². The standard InChI is InChI=1S/C24H24F7NO/c1-13(16-8-17(23(26,27)28)10-18(9-16)24(29,30)31)33-21-7-4-15-11-32-12-20(15)22(21)14-2-5-19(25)6-3-14/h2-3,5-6,8-10,13,15,20-22,32H,4,7,11-12H2,1H3/t13-,15?,20?,21-,22-/m0/s1. The predicted octanol–water partition coefficient (Wildman–Crippen LogP) is 6.72. The van der Waals surface area contributed by atoms with Gasteiger partial charge in [0, 0.05) is 5.92 Å². The second-order valence-corrected chi connectivity index (χ2v) is 8.89. The van der Waals surface area contributed by atoms with E-state index in [2.05, 4.69) is 5.32 Å². The van der Waals surface area contributed by atoms with Crippen LogP contribution >= 0.6 is 0 Å². The molecule has 9 heteroatoms. The number of rotatable bonds is 4. The average molecular weight is 475 g/mol. The van der Waals surface area contributed by atoms with Crippen molar-refractivity contribution < 1.29 is 35.5 Å². The molecule has 0 aromatic heterocycles. The number of alkyl halides is 6. The Hall–Kier alpha value is -2.13. The highest BCUT2D eigenvalue weighted by molar-refractivity contribution is 5.35. The SMILES string of the molecule is C[C@H](O[C@H]1CCC2CNCC2[C@@H]1c1ccc(F)cc1)c1cc(C(F)(F)F)cc(C(F)(F)F)c1. The van der Waals surface area contributed by atoms with E-state index >= 15 is 0 Å².